The summed E-state index contributed by atoms with van der Waals surface area (Å²) in [5.74, 6) is 1.70. The standard InChI is InChI=1S/C19H26N4OS2/c1-12-8-6-10-16(14(12)3)20-17(24)11-25-19-23-22-18(26-19)21-15-9-5-4-7-13(15)2/h4-5,7,9,12,14,16H,6,8,10-11H2,1-3H3,(H,20,24)(H,21,22)/t12-,14-,16-/m0/s1. The van der Waals surface area contributed by atoms with Crippen LogP contribution in [0.25, 0.3) is 0 Å². The Morgan fingerprint density at radius 1 is 1.27 bits per heavy atom. The molecule has 0 unspecified atom stereocenters. The number of nitrogens with zero attached hydrogens (tertiary/aromatic N) is 2. The quantitative estimate of drug-likeness (QED) is 0.704. The maximum absolute atomic E-state index is 12.3. The number of anilines is 2. The second-order valence-electron chi connectivity index (χ2n) is 7.04. The SMILES string of the molecule is Cc1ccccc1Nc1nnc(SCC(=O)N[C@H]2CCC[C@H](C)[C@@H]2C)s1. The smallest absolute Gasteiger partial charge is 0.230 e. The van der Waals surface area contributed by atoms with Crippen LogP contribution >= 0.6 is 23.1 Å². The normalized spacial score (nSPS) is 22.8. The van der Waals surface area contributed by atoms with Gasteiger partial charge in [0.25, 0.3) is 0 Å². The number of thioether (sulfide) groups is 1. The third-order valence-electron chi connectivity index (χ3n) is 5.17. The number of para-hydroxylation sites is 1. The first kappa shape index (κ1) is 19.2. The third kappa shape index (κ3) is 4.98. The summed E-state index contributed by atoms with van der Waals surface area (Å²) in [6, 6.07) is 8.37. The molecule has 0 saturated heterocycles. The molecular formula is C19H26N4OS2. The van der Waals surface area contributed by atoms with Crippen LogP contribution in [0.5, 0.6) is 0 Å². The molecule has 26 heavy (non-hydrogen) atoms. The van der Waals surface area contributed by atoms with E-state index in [1.807, 2.05) is 18.2 Å². The zero-order chi connectivity index (χ0) is 18.5. The molecule has 2 aromatic rings. The molecule has 1 saturated carbocycles. The van der Waals surface area contributed by atoms with Crippen LogP contribution in [0.4, 0.5) is 10.8 Å². The molecular weight excluding hydrogens is 364 g/mol. The molecule has 3 atom stereocenters. The van der Waals surface area contributed by atoms with Crippen molar-refractivity contribution in [3.8, 4) is 0 Å². The van der Waals surface area contributed by atoms with Crippen molar-refractivity contribution in [2.75, 3.05) is 11.1 Å². The summed E-state index contributed by atoms with van der Waals surface area (Å²) in [4.78, 5) is 12.3. The Morgan fingerprint density at radius 2 is 2.08 bits per heavy atom. The van der Waals surface area contributed by atoms with Crippen molar-refractivity contribution in [3.63, 3.8) is 0 Å². The highest BCUT2D eigenvalue weighted by Gasteiger charge is 2.28. The van der Waals surface area contributed by atoms with Crippen molar-refractivity contribution < 1.29 is 4.79 Å². The van der Waals surface area contributed by atoms with Crippen LogP contribution in [-0.4, -0.2) is 27.9 Å². The second kappa shape index (κ2) is 8.86. The topological polar surface area (TPSA) is 66.9 Å². The fourth-order valence-electron chi connectivity index (χ4n) is 3.31. The van der Waals surface area contributed by atoms with Gasteiger partial charge in [-0.1, -0.05) is 68.0 Å². The third-order valence-corrected chi connectivity index (χ3v) is 7.15. The molecule has 1 heterocycles. The van der Waals surface area contributed by atoms with Crippen LogP contribution in [0.15, 0.2) is 28.6 Å². The van der Waals surface area contributed by atoms with E-state index < -0.39 is 0 Å². The van der Waals surface area contributed by atoms with Crippen LogP contribution in [-0.2, 0) is 4.79 Å². The van der Waals surface area contributed by atoms with Gasteiger partial charge in [-0.25, -0.2) is 0 Å². The number of benzene rings is 1. The maximum atomic E-state index is 12.3. The zero-order valence-electron chi connectivity index (χ0n) is 15.5. The number of carbonyl (C=O) groups is 1. The lowest BCUT2D eigenvalue weighted by Crippen LogP contribution is -2.44. The monoisotopic (exact) mass is 390 g/mol. The Kier molecular flexibility index (Phi) is 6.53. The van der Waals surface area contributed by atoms with Gasteiger partial charge in [0.1, 0.15) is 0 Å². The summed E-state index contributed by atoms with van der Waals surface area (Å²) in [5, 5.41) is 15.6. The molecule has 1 amide bonds. The summed E-state index contributed by atoms with van der Waals surface area (Å²) >= 11 is 2.92. The van der Waals surface area contributed by atoms with Crippen molar-refractivity contribution in [1.82, 2.24) is 15.5 Å². The van der Waals surface area contributed by atoms with Gasteiger partial charge < -0.3 is 10.6 Å². The Hall–Kier alpha value is -1.60. The first-order chi connectivity index (χ1) is 12.5. The molecule has 1 aliphatic rings. The van der Waals surface area contributed by atoms with Gasteiger partial charge >= 0.3 is 0 Å². The first-order valence-corrected chi connectivity index (χ1v) is 10.9. The number of hydrogen-bond donors (Lipinski definition) is 2. The minimum absolute atomic E-state index is 0.0876. The zero-order valence-corrected chi connectivity index (χ0v) is 17.1. The average Bonchev–Trinajstić information content (AvgIpc) is 3.07. The number of amides is 1. The van der Waals surface area contributed by atoms with Crippen LogP contribution in [0.3, 0.4) is 0 Å². The molecule has 5 nitrogen and oxygen atoms in total. The van der Waals surface area contributed by atoms with Gasteiger partial charge in [-0.15, -0.1) is 10.2 Å². The number of aromatic nitrogens is 2. The average molecular weight is 391 g/mol. The van der Waals surface area contributed by atoms with Crippen molar-refractivity contribution in [2.24, 2.45) is 11.8 Å². The number of nitrogens with one attached hydrogen (secondary N) is 2. The second-order valence-corrected chi connectivity index (χ2v) is 9.24. The molecule has 0 radical (unpaired) electrons. The van der Waals surface area contributed by atoms with E-state index in [0.717, 1.165) is 27.1 Å². The number of hydrogen-bond acceptors (Lipinski definition) is 6. The number of rotatable bonds is 6. The molecule has 0 bridgehead atoms. The van der Waals surface area contributed by atoms with Gasteiger partial charge in [-0.3, -0.25) is 4.79 Å². The van der Waals surface area contributed by atoms with E-state index in [2.05, 4.69) is 47.7 Å². The van der Waals surface area contributed by atoms with Gasteiger partial charge in [0.15, 0.2) is 4.34 Å². The van der Waals surface area contributed by atoms with E-state index in [0.29, 0.717) is 23.6 Å². The summed E-state index contributed by atoms with van der Waals surface area (Å²) in [5.41, 5.74) is 2.19. The largest absolute Gasteiger partial charge is 0.352 e. The fraction of sp³-hybridized carbons (Fsp3) is 0.526. The predicted molar refractivity (Wildman–Crippen MR) is 109 cm³/mol. The minimum atomic E-state index is 0.0876. The van der Waals surface area contributed by atoms with Crippen LogP contribution in [0.2, 0.25) is 0 Å². The first-order valence-electron chi connectivity index (χ1n) is 9.11. The summed E-state index contributed by atoms with van der Waals surface area (Å²) < 4.78 is 0.807. The van der Waals surface area contributed by atoms with Gasteiger partial charge in [0.05, 0.1) is 5.75 Å². The van der Waals surface area contributed by atoms with Crippen molar-refractivity contribution in [1.29, 1.82) is 0 Å². The Labute approximate surface area is 163 Å². The van der Waals surface area contributed by atoms with Gasteiger partial charge in [0.2, 0.25) is 11.0 Å². The van der Waals surface area contributed by atoms with Crippen LogP contribution in [0, 0.1) is 18.8 Å². The van der Waals surface area contributed by atoms with Crippen LogP contribution < -0.4 is 10.6 Å². The highest BCUT2D eigenvalue weighted by molar-refractivity contribution is 8.01. The molecule has 1 aliphatic carbocycles. The Morgan fingerprint density at radius 3 is 2.88 bits per heavy atom. The van der Waals surface area contributed by atoms with Crippen molar-refractivity contribution >= 4 is 39.8 Å². The molecule has 1 aromatic carbocycles. The molecule has 1 fully saturated rings. The molecule has 7 heteroatoms. The van der Waals surface area contributed by atoms with Gasteiger partial charge in [-0.05, 0) is 36.8 Å². The summed E-state index contributed by atoms with van der Waals surface area (Å²) in [6.45, 7) is 6.58. The number of carbonyl (C=O) groups excluding carboxylic acids is 1. The van der Waals surface area contributed by atoms with E-state index in [-0.39, 0.29) is 5.91 Å². The van der Waals surface area contributed by atoms with Gasteiger partial charge in [0, 0.05) is 11.7 Å². The lowest BCUT2D eigenvalue weighted by molar-refractivity contribution is -0.119. The summed E-state index contributed by atoms with van der Waals surface area (Å²) in [6.07, 6.45) is 3.56. The summed E-state index contributed by atoms with van der Waals surface area (Å²) in [7, 11) is 0. The molecule has 140 valence electrons. The Bertz CT molecular complexity index is 749. The van der Waals surface area contributed by atoms with Crippen LogP contribution in [0.1, 0.15) is 38.7 Å². The Balaban J connectivity index is 1.48. The lowest BCUT2D eigenvalue weighted by Gasteiger charge is -2.34. The van der Waals surface area contributed by atoms with E-state index in [1.165, 1.54) is 35.9 Å². The van der Waals surface area contributed by atoms with E-state index in [9.17, 15) is 4.79 Å². The molecule has 1 aromatic heterocycles. The van der Waals surface area contributed by atoms with Gasteiger partial charge in [-0.2, -0.15) is 0 Å². The maximum Gasteiger partial charge on any atom is 0.230 e. The molecule has 0 aliphatic heterocycles. The fourth-order valence-corrected chi connectivity index (χ4v) is 4.88. The molecule has 3 rings (SSSR count). The highest BCUT2D eigenvalue weighted by atomic mass is 32.2. The van der Waals surface area contributed by atoms with Crippen molar-refractivity contribution in [3.05, 3.63) is 29.8 Å². The van der Waals surface area contributed by atoms with E-state index in [1.54, 1.807) is 0 Å². The predicted octanol–water partition coefficient (Wildman–Crippen LogP) is 4.62. The minimum Gasteiger partial charge on any atom is -0.352 e. The number of aryl methyl sites for hydroxylation is 1. The molecule has 0 spiro atoms. The van der Waals surface area contributed by atoms with E-state index >= 15 is 0 Å². The van der Waals surface area contributed by atoms with E-state index in [4.69, 9.17) is 0 Å². The molecule has 2 N–H and O–H groups in total. The van der Waals surface area contributed by atoms with Crippen molar-refractivity contribution in [2.45, 2.75) is 50.4 Å². The highest BCUT2D eigenvalue weighted by Crippen LogP contribution is 2.31. The lowest BCUT2D eigenvalue weighted by atomic mass is 9.78.